The fourth-order valence-electron chi connectivity index (χ4n) is 0.765. The van der Waals surface area contributed by atoms with E-state index in [-0.39, 0.29) is 11.6 Å². The van der Waals surface area contributed by atoms with Gasteiger partial charge in [0, 0.05) is 24.0 Å². The molecule has 0 unspecified atom stereocenters. The van der Waals surface area contributed by atoms with Crippen LogP contribution in [0.3, 0.4) is 0 Å². The third-order valence-corrected chi connectivity index (χ3v) is 1.30. The molecule has 1 aromatic rings. The lowest BCUT2D eigenvalue weighted by Crippen LogP contribution is -2.19. The molecule has 2 heterocycles. The fraction of sp³-hybridized carbons (Fsp3) is 0.500. The van der Waals surface area contributed by atoms with Crippen molar-refractivity contribution in [1.29, 1.82) is 0 Å². The number of hydrogen-bond acceptors (Lipinski definition) is 4. The van der Waals surface area contributed by atoms with E-state index in [1.807, 2.05) is 0 Å². The Morgan fingerprint density at radius 2 is 2.08 bits per heavy atom. The largest absolute Gasteiger partial charge is 0.382 e. The minimum absolute atomic E-state index is 0.0279. The molecule has 0 amide bonds. The first-order valence-electron chi connectivity index (χ1n) is 7.27. The number of nitrogens with two attached hydrogens (primary N) is 1. The van der Waals surface area contributed by atoms with Crippen molar-refractivity contribution in [2.24, 2.45) is 0 Å². The first kappa shape index (κ1) is 2.58. The highest BCUT2D eigenvalue weighted by Crippen LogP contribution is 2.16. The van der Waals surface area contributed by atoms with Crippen LogP contribution in [0.25, 0.3) is 0 Å². The Morgan fingerprint density at radius 1 is 1.33 bits per heavy atom. The van der Waals surface area contributed by atoms with Crippen LogP contribution in [0.4, 0.5) is 11.6 Å². The summed E-state index contributed by atoms with van der Waals surface area (Å²) in [7, 11) is 0. The first-order valence-corrected chi connectivity index (χ1v) is 3.27. The second-order valence-electron chi connectivity index (χ2n) is 2.13. The number of hydrogen-bond donors (Lipinski definition) is 1. The average molecular weight is 172 g/mol. The van der Waals surface area contributed by atoms with E-state index in [0.717, 1.165) is 6.07 Å². The Hall–Kier alpha value is -1.32. The van der Waals surface area contributed by atoms with Gasteiger partial charge in [0.1, 0.15) is 5.82 Å². The molecule has 0 atom stereocenters. The Labute approximate surface area is 82.6 Å². The van der Waals surface area contributed by atoms with Crippen molar-refractivity contribution in [2.75, 3.05) is 23.6 Å². The molecule has 64 valence electrons. The quantitative estimate of drug-likeness (QED) is 0.676. The highest BCUT2D eigenvalue weighted by atomic mass is 15.3. The van der Waals surface area contributed by atoms with E-state index >= 15 is 0 Å². The van der Waals surface area contributed by atoms with Crippen LogP contribution in [0.2, 0.25) is 0 Å². The maximum Gasteiger partial charge on any atom is 0.151 e. The van der Waals surface area contributed by atoms with Crippen LogP contribution < -0.4 is 10.6 Å². The van der Waals surface area contributed by atoms with Gasteiger partial charge in [-0.05, 0) is 24.9 Å². The van der Waals surface area contributed by atoms with Crippen LogP contribution in [0.1, 0.15) is 23.7 Å². The molecule has 0 radical (unpaired) electrons. The SMILES string of the molecule is [2H]C1([2H])N(c2ccc(N)nn2)C([2H])([2H])C([2H])([2H])C1([2H])[2H]. The van der Waals surface area contributed by atoms with E-state index in [4.69, 9.17) is 16.7 Å². The normalized spacial score (nSPS) is 43.5. The third-order valence-electron chi connectivity index (χ3n) is 1.30. The minimum atomic E-state index is -3.09. The highest BCUT2D eigenvalue weighted by Gasteiger charge is 2.12. The molecule has 1 saturated heterocycles. The zero-order valence-corrected chi connectivity index (χ0v) is 6.07. The summed E-state index contributed by atoms with van der Waals surface area (Å²) in [6.45, 7) is -5.91. The molecule has 0 aliphatic carbocycles. The van der Waals surface area contributed by atoms with Gasteiger partial charge in [0.15, 0.2) is 5.82 Å². The fourth-order valence-corrected chi connectivity index (χ4v) is 0.765. The van der Waals surface area contributed by atoms with E-state index < -0.39 is 25.7 Å². The van der Waals surface area contributed by atoms with Crippen LogP contribution in [0.15, 0.2) is 12.1 Å². The predicted molar refractivity (Wildman–Crippen MR) is 47.9 cm³/mol. The molecule has 1 fully saturated rings. The summed E-state index contributed by atoms with van der Waals surface area (Å²) >= 11 is 0. The number of rotatable bonds is 1. The Bertz CT molecular complexity index is 502. The molecule has 2 N–H and O–H groups in total. The summed E-state index contributed by atoms with van der Waals surface area (Å²) in [5.41, 5.74) is 5.34. The molecule has 1 aliphatic heterocycles. The lowest BCUT2D eigenvalue weighted by Gasteiger charge is -2.14. The Morgan fingerprint density at radius 3 is 2.67 bits per heavy atom. The van der Waals surface area contributed by atoms with Gasteiger partial charge >= 0.3 is 0 Å². The minimum Gasteiger partial charge on any atom is -0.382 e. The molecular formula is C8H12N4. The van der Waals surface area contributed by atoms with Crippen molar-refractivity contribution < 1.29 is 11.0 Å². The van der Waals surface area contributed by atoms with Crippen molar-refractivity contribution in [3.63, 3.8) is 0 Å². The van der Waals surface area contributed by atoms with Crippen molar-refractivity contribution in [3.05, 3.63) is 12.1 Å². The van der Waals surface area contributed by atoms with E-state index in [1.54, 1.807) is 0 Å². The molecule has 0 bridgehead atoms. The standard InChI is InChI=1S/C8H12N4/c9-7-3-4-8(11-10-7)12-5-1-2-6-12/h3-4H,1-2,5-6H2,(H2,9,10)/i1D2,2D2,5D2,6D2. The van der Waals surface area contributed by atoms with Gasteiger partial charge in [0.05, 0.1) is 0 Å². The smallest absolute Gasteiger partial charge is 0.151 e. The number of anilines is 2. The van der Waals surface area contributed by atoms with Crippen LogP contribution in [-0.2, 0) is 0 Å². The van der Waals surface area contributed by atoms with Crippen molar-refractivity contribution >= 4 is 11.6 Å². The van der Waals surface area contributed by atoms with Gasteiger partial charge in [0.2, 0.25) is 0 Å². The van der Waals surface area contributed by atoms with Crippen LogP contribution in [0, 0.1) is 0 Å². The molecular weight excluding hydrogens is 152 g/mol. The molecule has 0 saturated carbocycles. The molecule has 1 aromatic heterocycles. The van der Waals surface area contributed by atoms with Gasteiger partial charge in [-0.15, -0.1) is 10.2 Å². The van der Waals surface area contributed by atoms with Gasteiger partial charge in [0.25, 0.3) is 0 Å². The zero-order valence-electron chi connectivity index (χ0n) is 14.1. The zero-order chi connectivity index (χ0) is 15.6. The number of nitrogen functional groups attached to an aromatic ring is 1. The Balaban J connectivity index is 2.66. The van der Waals surface area contributed by atoms with Crippen molar-refractivity contribution in [2.45, 2.75) is 12.7 Å². The van der Waals surface area contributed by atoms with Crippen molar-refractivity contribution in [1.82, 2.24) is 10.2 Å². The molecule has 1 aliphatic rings. The molecule has 2 rings (SSSR count). The predicted octanol–water partition coefficient (Wildman–Crippen LogP) is 0.659. The second-order valence-corrected chi connectivity index (χ2v) is 2.13. The molecule has 0 aromatic carbocycles. The van der Waals surface area contributed by atoms with Gasteiger partial charge in [-0.3, -0.25) is 0 Å². The van der Waals surface area contributed by atoms with Gasteiger partial charge in [-0.1, -0.05) is 0 Å². The molecule has 4 heteroatoms. The highest BCUT2D eigenvalue weighted by molar-refractivity contribution is 5.41. The maximum atomic E-state index is 7.79. The lowest BCUT2D eigenvalue weighted by molar-refractivity contribution is 0.897. The molecule has 12 heavy (non-hydrogen) atoms. The van der Waals surface area contributed by atoms with Gasteiger partial charge < -0.3 is 10.6 Å². The van der Waals surface area contributed by atoms with Crippen LogP contribution in [-0.4, -0.2) is 23.2 Å². The average Bonchev–Trinajstić information content (AvgIpc) is 2.36. The summed E-state index contributed by atoms with van der Waals surface area (Å²) in [6.07, 6.45) is -6.18. The molecule has 0 spiro atoms. The number of nitrogens with zero attached hydrogens (tertiary/aromatic N) is 3. The Kier molecular flexibility index (Phi) is 0.639. The first-order chi connectivity index (χ1) is 8.87. The maximum absolute atomic E-state index is 7.79. The van der Waals surface area contributed by atoms with Crippen molar-refractivity contribution in [3.8, 4) is 0 Å². The van der Waals surface area contributed by atoms with Crippen LogP contribution in [0.5, 0.6) is 0 Å². The monoisotopic (exact) mass is 172 g/mol. The lowest BCUT2D eigenvalue weighted by atomic mass is 10.4. The van der Waals surface area contributed by atoms with Gasteiger partial charge in [-0.25, -0.2) is 0 Å². The number of aromatic nitrogens is 2. The van der Waals surface area contributed by atoms with E-state index in [2.05, 4.69) is 10.2 Å². The third kappa shape index (κ3) is 1.32. The van der Waals surface area contributed by atoms with Gasteiger partial charge in [-0.2, -0.15) is 0 Å². The molecule has 4 nitrogen and oxygen atoms in total. The van der Waals surface area contributed by atoms with E-state index in [1.165, 1.54) is 6.07 Å². The topological polar surface area (TPSA) is 55.0 Å². The summed E-state index contributed by atoms with van der Waals surface area (Å²) in [6, 6.07) is 2.41. The summed E-state index contributed by atoms with van der Waals surface area (Å²) in [5.74, 6) is -0.306. The summed E-state index contributed by atoms with van der Waals surface area (Å²) in [4.78, 5) is 0.326. The van der Waals surface area contributed by atoms with Crippen LogP contribution >= 0.6 is 0 Å². The summed E-state index contributed by atoms with van der Waals surface area (Å²) in [5, 5.41) is 6.98. The van der Waals surface area contributed by atoms with E-state index in [0.29, 0.717) is 4.90 Å². The van der Waals surface area contributed by atoms with E-state index in [9.17, 15) is 0 Å². The second kappa shape index (κ2) is 2.97. The summed E-state index contributed by atoms with van der Waals surface area (Å²) < 4.78 is 61.7.